The summed E-state index contributed by atoms with van der Waals surface area (Å²) < 4.78 is 0. The number of carboxylic acid groups (broad SMARTS) is 1. The molecule has 0 bridgehead atoms. The first-order valence-electron chi connectivity index (χ1n) is 5.89. The van der Waals surface area contributed by atoms with E-state index in [0.29, 0.717) is 17.1 Å². The molecule has 5 nitrogen and oxygen atoms in total. The van der Waals surface area contributed by atoms with Gasteiger partial charge in [0.2, 0.25) is 0 Å². The lowest BCUT2D eigenvalue weighted by molar-refractivity contribution is -0.136. The highest BCUT2D eigenvalue weighted by atomic mass is 16.4. The first-order valence-corrected chi connectivity index (χ1v) is 5.89. The van der Waals surface area contributed by atoms with Crippen molar-refractivity contribution < 1.29 is 9.90 Å². The summed E-state index contributed by atoms with van der Waals surface area (Å²) in [6, 6.07) is 0. The Bertz CT molecular complexity index is 487. The second-order valence-electron chi connectivity index (χ2n) is 4.57. The fourth-order valence-corrected chi connectivity index (χ4v) is 2.49. The Morgan fingerprint density at radius 2 is 2.12 bits per heavy atom. The van der Waals surface area contributed by atoms with Gasteiger partial charge < -0.3 is 10.1 Å². The van der Waals surface area contributed by atoms with Crippen LogP contribution >= 0.6 is 0 Å². The molecule has 1 saturated carbocycles. The molecular weight excluding hydrogens is 220 g/mol. The van der Waals surface area contributed by atoms with Crippen molar-refractivity contribution in [2.24, 2.45) is 0 Å². The minimum Gasteiger partial charge on any atom is -0.481 e. The van der Waals surface area contributed by atoms with E-state index in [2.05, 4.69) is 9.97 Å². The molecule has 2 rings (SSSR count). The number of H-pyrrole nitrogens is 1. The summed E-state index contributed by atoms with van der Waals surface area (Å²) in [7, 11) is 0. The third-order valence-corrected chi connectivity index (χ3v) is 3.24. The van der Waals surface area contributed by atoms with E-state index in [9.17, 15) is 9.59 Å². The molecule has 1 fully saturated rings. The molecule has 5 heteroatoms. The van der Waals surface area contributed by atoms with Gasteiger partial charge in [-0.15, -0.1) is 0 Å². The highest BCUT2D eigenvalue weighted by Gasteiger charge is 2.24. The number of hydrogen-bond acceptors (Lipinski definition) is 3. The van der Waals surface area contributed by atoms with Crippen molar-refractivity contribution in [2.75, 3.05) is 0 Å². The topological polar surface area (TPSA) is 83.0 Å². The summed E-state index contributed by atoms with van der Waals surface area (Å²) in [6.07, 6.45) is 4.02. The first kappa shape index (κ1) is 11.8. The molecule has 1 aromatic heterocycles. The number of hydrogen-bond donors (Lipinski definition) is 2. The van der Waals surface area contributed by atoms with Gasteiger partial charge in [0, 0.05) is 5.92 Å². The van der Waals surface area contributed by atoms with Crippen molar-refractivity contribution in [1.29, 1.82) is 0 Å². The van der Waals surface area contributed by atoms with Crippen LogP contribution in [-0.4, -0.2) is 21.0 Å². The molecule has 0 amide bonds. The number of aliphatic carboxylic acids is 1. The highest BCUT2D eigenvalue weighted by Crippen LogP contribution is 2.33. The average molecular weight is 236 g/mol. The van der Waals surface area contributed by atoms with E-state index in [1.807, 2.05) is 0 Å². The lowest BCUT2D eigenvalue weighted by atomic mass is 9.97. The number of rotatable bonds is 3. The average Bonchev–Trinajstić information content (AvgIpc) is 2.74. The number of aryl methyl sites for hydroxylation is 1. The molecule has 0 aromatic carbocycles. The molecule has 0 atom stereocenters. The van der Waals surface area contributed by atoms with Gasteiger partial charge in [0.1, 0.15) is 5.82 Å². The van der Waals surface area contributed by atoms with Crippen LogP contribution in [0, 0.1) is 6.92 Å². The predicted molar refractivity (Wildman–Crippen MR) is 62.1 cm³/mol. The molecule has 1 aromatic rings. The fourth-order valence-electron chi connectivity index (χ4n) is 2.49. The summed E-state index contributed by atoms with van der Waals surface area (Å²) in [5.41, 5.74) is 0.725. The maximum Gasteiger partial charge on any atom is 0.308 e. The highest BCUT2D eigenvalue weighted by molar-refractivity contribution is 5.70. The van der Waals surface area contributed by atoms with Gasteiger partial charge in [-0.25, -0.2) is 4.98 Å². The van der Waals surface area contributed by atoms with Crippen LogP contribution in [0.2, 0.25) is 0 Å². The third kappa shape index (κ3) is 2.54. The smallest absolute Gasteiger partial charge is 0.308 e. The molecule has 0 spiro atoms. The van der Waals surface area contributed by atoms with E-state index in [4.69, 9.17) is 5.11 Å². The molecule has 0 saturated heterocycles. The van der Waals surface area contributed by atoms with Crippen molar-refractivity contribution in [3.05, 3.63) is 27.4 Å². The Balaban J connectivity index is 2.46. The summed E-state index contributed by atoms with van der Waals surface area (Å²) >= 11 is 0. The van der Waals surface area contributed by atoms with Crippen molar-refractivity contribution in [1.82, 2.24) is 9.97 Å². The van der Waals surface area contributed by atoms with Crippen LogP contribution in [0.1, 0.15) is 48.7 Å². The molecule has 17 heavy (non-hydrogen) atoms. The predicted octanol–water partition coefficient (Wildman–Crippen LogP) is 1.36. The quantitative estimate of drug-likeness (QED) is 0.830. The van der Waals surface area contributed by atoms with Gasteiger partial charge in [0.05, 0.1) is 17.7 Å². The van der Waals surface area contributed by atoms with Crippen molar-refractivity contribution in [3.63, 3.8) is 0 Å². The van der Waals surface area contributed by atoms with Crippen molar-refractivity contribution >= 4 is 5.97 Å². The van der Waals surface area contributed by atoms with E-state index < -0.39 is 5.97 Å². The van der Waals surface area contributed by atoms with Gasteiger partial charge >= 0.3 is 5.97 Å². The number of carboxylic acids is 1. The fraction of sp³-hybridized carbons (Fsp3) is 0.583. The molecule has 1 heterocycles. The lowest BCUT2D eigenvalue weighted by Gasteiger charge is -2.13. The Labute approximate surface area is 98.9 Å². The van der Waals surface area contributed by atoms with Crippen LogP contribution in [0.3, 0.4) is 0 Å². The Kier molecular flexibility index (Phi) is 3.26. The minimum absolute atomic E-state index is 0.242. The summed E-state index contributed by atoms with van der Waals surface area (Å²) in [5.74, 6) is -0.170. The van der Waals surface area contributed by atoms with Crippen molar-refractivity contribution in [3.8, 4) is 0 Å². The molecular formula is C12H16N2O3. The number of aromatic amines is 1. The van der Waals surface area contributed by atoms with Crippen molar-refractivity contribution in [2.45, 2.75) is 44.9 Å². The maximum absolute atomic E-state index is 11.8. The summed E-state index contributed by atoms with van der Waals surface area (Å²) in [4.78, 5) is 29.5. The summed E-state index contributed by atoms with van der Waals surface area (Å²) in [5, 5.41) is 8.85. The Morgan fingerprint density at radius 3 is 2.71 bits per heavy atom. The van der Waals surface area contributed by atoms with Gasteiger partial charge in [0.15, 0.2) is 0 Å². The van der Waals surface area contributed by atoms with Crippen LogP contribution in [0.4, 0.5) is 0 Å². The zero-order valence-electron chi connectivity index (χ0n) is 9.82. The second-order valence-corrected chi connectivity index (χ2v) is 4.57. The Hall–Kier alpha value is -1.65. The standard InChI is InChI=1S/C12H16N2O3/c1-7-13-11(8-4-2-3-5-8)9(6-10(15)16)12(17)14-7/h8H,2-6H2,1H3,(H,15,16)(H,13,14,17). The van der Waals surface area contributed by atoms with Gasteiger partial charge in [-0.3, -0.25) is 9.59 Å². The van der Waals surface area contributed by atoms with E-state index in [1.54, 1.807) is 6.92 Å². The third-order valence-electron chi connectivity index (χ3n) is 3.24. The number of nitrogens with one attached hydrogen (secondary N) is 1. The van der Waals surface area contributed by atoms with E-state index >= 15 is 0 Å². The van der Waals surface area contributed by atoms with E-state index in [1.165, 1.54) is 0 Å². The Morgan fingerprint density at radius 1 is 1.47 bits per heavy atom. The molecule has 92 valence electrons. The molecule has 0 aliphatic heterocycles. The normalized spacial score (nSPS) is 16.3. The van der Waals surface area contributed by atoms with Crippen LogP contribution in [0.5, 0.6) is 0 Å². The largest absolute Gasteiger partial charge is 0.481 e. The first-order chi connectivity index (χ1) is 8.08. The minimum atomic E-state index is -0.986. The molecule has 0 unspecified atom stereocenters. The zero-order chi connectivity index (χ0) is 12.4. The van der Waals surface area contributed by atoms with E-state index in [0.717, 1.165) is 25.7 Å². The van der Waals surface area contributed by atoms with Crippen LogP contribution in [0.15, 0.2) is 4.79 Å². The summed E-state index contributed by atoms with van der Waals surface area (Å²) in [6.45, 7) is 1.73. The lowest BCUT2D eigenvalue weighted by Crippen LogP contribution is -2.23. The SMILES string of the molecule is Cc1nc(C2CCCC2)c(CC(=O)O)c(=O)[nH]1. The monoisotopic (exact) mass is 236 g/mol. The van der Waals surface area contributed by atoms with Gasteiger partial charge in [-0.05, 0) is 19.8 Å². The van der Waals surface area contributed by atoms with E-state index in [-0.39, 0.29) is 17.9 Å². The van der Waals surface area contributed by atoms with Gasteiger partial charge in [0.25, 0.3) is 5.56 Å². The second kappa shape index (κ2) is 4.69. The molecule has 0 radical (unpaired) electrons. The van der Waals surface area contributed by atoms with Gasteiger partial charge in [-0.2, -0.15) is 0 Å². The van der Waals surface area contributed by atoms with Crippen LogP contribution in [-0.2, 0) is 11.2 Å². The zero-order valence-corrected chi connectivity index (χ0v) is 9.82. The molecule has 1 aliphatic rings. The number of carbonyl (C=O) groups is 1. The van der Waals surface area contributed by atoms with Gasteiger partial charge in [-0.1, -0.05) is 12.8 Å². The molecule has 2 N–H and O–H groups in total. The van der Waals surface area contributed by atoms with Crippen LogP contribution < -0.4 is 5.56 Å². The van der Waals surface area contributed by atoms with Crippen LogP contribution in [0.25, 0.3) is 0 Å². The molecule has 1 aliphatic carbocycles. The number of aromatic nitrogens is 2. The maximum atomic E-state index is 11.8. The number of nitrogens with zero attached hydrogens (tertiary/aromatic N) is 1.